The minimum atomic E-state index is -0.285. The first-order valence-corrected chi connectivity index (χ1v) is 4.79. The molecule has 0 aliphatic rings. The minimum Gasteiger partial charge on any atom is -0.352 e. The van der Waals surface area contributed by atoms with Crippen LogP contribution < -0.4 is 5.32 Å². The molecule has 0 bridgehead atoms. The molecule has 0 radical (unpaired) electrons. The van der Waals surface area contributed by atoms with E-state index in [0.29, 0.717) is 12.2 Å². The Morgan fingerprint density at radius 3 is 2.57 bits per heavy atom. The molecule has 1 aromatic rings. The Balaban J connectivity index is 3.14. The second-order valence-corrected chi connectivity index (χ2v) is 3.30. The fourth-order valence-electron chi connectivity index (χ4n) is 1.01. The number of nitrogens with zero attached hydrogens (tertiary/aromatic N) is 2. The Bertz CT molecular complexity index is 345. The smallest absolute Gasteiger partial charge is 0.256 e. The Morgan fingerprint density at radius 2 is 2.07 bits per heavy atom. The van der Waals surface area contributed by atoms with Crippen molar-refractivity contribution in [1.82, 2.24) is 15.3 Å². The maximum Gasteiger partial charge on any atom is 0.256 e. The van der Waals surface area contributed by atoms with E-state index < -0.39 is 0 Å². The topological polar surface area (TPSA) is 54.9 Å². The molecule has 0 aliphatic carbocycles. The zero-order valence-electron chi connectivity index (χ0n) is 7.77. The maximum absolute atomic E-state index is 11.5. The molecule has 0 aromatic carbocycles. The van der Waals surface area contributed by atoms with Gasteiger partial charge in [-0.05, 0) is 25.4 Å². The van der Waals surface area contributed by atoms with Crippen molar-refractivity contribution < 1.29 is 4.79 Å². The highest BCUT2D eigenvalue weighted by Gasteiger charge is 2.15. The standard InChI is InChI=1S/C8H9Cl2N3O/c1-3-11-7(14)5-4(2)12-8(10)13-6(5)9/h3H2,1-2H3,(H,11,14). The van der Waals surface area contributed by atoms with Gasteiger partial charge in [-0.2, -0.15) is 0 Å². The molecule has 4 nitrogen and oxygen atoms in total. The quantitative estimate of drug-likeness (QED) is 0.627. The van der Waals surface area contributed by atoms with E-state index in [1.807, 2.05) is 6.92 Å². The number of rotatable bonds is 2. The fraction of sp³-hybridized carbons (Fsp3) is 0.375. The Kier molecular flexibility index (Phi) is 3.66. The van der Waals surface area contributed by atoms with Gasteiger partial charge < -0.3 is 5.32 Å². The lowest BCUT2D eigenvalue weighted by Crippen LogP contribution is -2.24. The van der Waals surface area contributed by atoms with Crippen molar-refractivity contribution in [1.29, 1.82) is 0 Å². The molecule has 1 heterocycles. The lowest BCUT2D eigenvalue weighted by atomic mass is 10.2. The Morgan fingerprint density at radius 1 is 1.43 bits per heavy atom. The van der Waals surface area contributed by atoms with Crippen LogP contribution in [0.4, 0.5) is 0 Å². The van der Waals surface area contributed by atoms with Crippen molar-refractivity contribution in [2.75, 3.05) is 6.54 Å². The van der Waals surface area contributed by atoms with Crippen LogP contribution in [-0.4, -0.2) is 22.4 Å². The summed E-state index contributed by atoms with van der Waals surface area (Å²) in [4.78, 5) is 19.0. The normalized spacial score (nSPS) is 10.0. The van der Waals surface area contributed by atoms with Gasteiger partial charge in [-0.25, -0.2) is 9.97 Å². The number of aryl methyl sites for hydroxylation is 1. The zero-order chi connectivity index (χ0) is 10.7. The molecule has 0 atom stereocenters. The van der Waals surface area contributed by atoms with Crippen LogP contribution >= 0.6 is 23.2 Å². The summed E-state index contributed by atoms with van der Waals surface area (Å²) in [6.07, 6.45) is 0. The van der Waals surface area contributed by atoms with E-state index in [1.54, 1.807) is 6.92 Å². The molecular formula is C8H9Cl2N3O. The summed E-state index contributed by atoms with van der Waals surface area (Å²) >= 11 is 11.3. The van der Waals surface area contributed by atoms with Crippen molar-refractivity contribution >= 4 is 29.1 Å². The lowest BCUT2D eigenvalue weighted by molar-refractivity contribution is 0.0954. The molecule has 14 heavy (non-hydrogen) atoms. The molecule has 0 saturated heterocycles. The number of amides is 1. The van der Waals surface area contributed by atoms with Gasteiger partial charge in [-0.15, -0.1) is 0 Å². The highest BCUT2D eigenvalue weighted by atomic mass is 35.5. The average molecular weight is 234 g/mol. The predicted molar refractivity (Wildman–Crippen MR) is 54.8 cm³/mol. The third-order valence-corrected chi connectivity index (χ3v) is 2.03. The SMILES string of the molecule is CCNC(=O)c1c(C)nc(Cl)nc1Cl. The van der Waals surface area contributed by atoms with Gasteiger partial charge in [0.25, 0.3) is 5.91 Å². The summed E-state index contributed by atoms with van der Waals surface area (Å²) < 4.78 is 0. The van der Waals surface area contributed by atoms with E-state index >= 15 is 0 Å². The summed E-state index contributed by atoms with van der Waals surface area (Å²) in [6.45, 7) is 4.00. The third kappa shape index (κ3) is 2.33. The summed E-state index contributed by atoms with van der Waals surface area (Å²) in [6, 6.07) is 0. The molecule has 1 amide bonds. The average Bonchev–Trinajstić information content (AvgIpc) is 2.01. The van der Waals surface area contributed by atoms with E-state index in [0.717, 1.165) is 0 Å². The van der Waals surface area contributed by atoms with Crippen molar-refractivity contribution in [2.45, 2.75) is 13.8 Å². The van der Waals surface area contributed by atoms with Crippen molar-refractivity contribution in [3.8, 4) is 0 Å². The number of hydrogen-bond donors (Lipinski definition) is 1. The molecule has 1 aromatic heterocycles. The minimum absolute atomic E-state index is 0.0422. The van der Waals surface area contributed by atoms with Crippen LogP contribution in [0.2, 0.25) is 10.4 Å². The lowest BCUT2D eigenvalue weighted by Gasteiger charge is -2.06. The number of carbonyl (C=O) groups is 1. The maximum atomic E-state index is 11.5. The summed E-state index contributed by atoms with van der Waals surface area (Å²) in [5.74, 6) is -0.285. The van der Waals surface area contributed by atoms with Crippen molar-refractivity contribution in [3.63, 3.8) is 0 Å². The van der Waals surface area contributed by atoms with Crippen LogP contribution in [0.25, 0.3) is 0 Å². The second-order valence-electron chi connectivity index (χ2n) is 2.60. The van der Waals surface area contributed by atoms with Crippen LogP contribution in [-0.2, 0) is 0 Å². The number of halogens is 2. The van der Waals surface area contributed by atoms with Crippen LogP contribution in [0.3, 0.4) is 0 Å². The highest BCUT2D eigenvalue weighted by molar-refractivity contribution is 6.34. The molecule has 0 saturated carbocycles. The molecule has 6 heteroatoms. The number of nitrogens with one attached hydrogen (secondary N) is 1. The fourth-order valence-corrected chi connectivity index (χ4v) is 1.57. The van der Waals surface area contributed by atoms with Crippen LogP contribution in [0.15, 0.2) is 0 Å². The number of carbonyl (C=O) groups excluding carboxylic acids is 1. The van der Waals surface area contributed by atoms with Gasteiger partial charge in [0.05, 0.1) is 11.3 Å². The summed E-state index contributed by atoms with van der Waals surface area (Å²) in [7, 11) is 0. The van der Waals surface area contributed by atoms with E-state index in [2.05, 4.69) is 15.3 Å². The van der Waals surface area contributed by atoms with Crippen molar-refractivity contribution in [2.24, 2.45) is 0 Å². The molecule has 0 aliphatic heterocycles. The first-order valence-electron chi connectivity index (χ1n) is 4.04. The van der Waals surface area contributed by atoms with E-state index in [1.165, 1.54) is 0 Å². The summed E-state index contributed by atoms with van der Waals surface area (Å²) in [5.41, 5.74) is 0.749. The van der Waals surface area contributed by atoms with E-state index in [4.69, 9.17) is 23.2 Å². The Hall–Kier alpha value is -0.870. The van der Waals surface area contributed by atoms with E-state index in [9.17, 15) is 4.79 Å². The third-order valence-electron chi connectivity index (χ3n) is 1.58. The van der Waals surface area contributed by atoms with Crippen LogP contribution in [0, 0.1) is 6.92 Å². The van der Waals surface area contributed by atoms with Gasteiger partial charge in [0.1, 0.15) is 5.15 Å². The molecule has 0 spiro atoms. The second kappa shape index (κ2) is 4.57. The van der Waals surface area contributed by atoms with Crippen molar-refractivity contribution in [3.05, 3.63) is 21.7 Å². The van der Waals surface area contributed by atoms with Gasteiger partial charge >= 0.3 is 0 Å². The molecular weight excluding hydrogens is 225 g/mol. The van der Waals surface area contributed by atoms with Gasteiger partial charge in [-0.3, -0.25) is 4.79 Å². The molecule has 0 fully saturated rings. The summed E-state index contributed by atoms with van der Waals surface area (Å²) in [5, 5.41) is 2.74. The highest BCUT2D eigenvalue weighted by Crippen LogP contribution is 2.17. The molecule has 0 unspecified atom stereocenters. The number of aromatic nitrogens is 2. The van der Waals surface area contributed by atoms with Gasteiger partial charge in [0, 0.05) is 6.54 Å². The zero-order valence-corrected chi connectivity index (χ0v) is 9.28. The van der Waals surface area contributed by atoms with Gasteiger partial charge in [-0.1, -0.05) is 11.6 Å². The first kappa shape index (κ1) is 11.2. The number of hydrogen-bond acceptors (Lipinski definition) is 3. The first-order chi connectivity index (χ1) is 6.56. The van der Waals surface area contributed by atoms with Crippen LogP contribution in [0.1, 0.15) is 23.0 Å². The monoisotopic (exact) mass is 233 g/mol. The van der Waals surface area contributed by atoms with Crippen LogP contribution in [0.5, 0.6) is 0 Å². The van der Waals surface area contributed by atoms with E-state index in [-0.39, 0.29) is 21.9 Å². The van der Waals surface area contributed by atoms with Gasteiger partial charge in [0.2, 0.25) is 5.28 Å². The van der Waals surface area contributed by atoms with Gasteiger partial charge in [0.15, 0.2) is 0 Å². The molecule has 1 N–H and O–H groups in total. The predicted octanol–water partition coefficient (Wildman–Crippen LogP) is 1.84. The molecule has 76 valence electrons. The molecule has 1 rings (SSSR count). The Labute approximate surface area is 91.6 Å². The largest absolute Gasteiger partial charge is 0.352 e.